The predicted octanol–water partition coefficient (Wildman–Crippen LogP) is 1.20. The Bertz CT molecular complexity index is 611. The van der Waals surface area contributed by atoms with E-state index in [1.54, 1.807) is 0 Å². The molecule has 0 radical (unpaired) electrons. The molecule has 128 valence electrons. The number of sulfonamides is 1. The van der Waals surface area contributed by atoms with E-state index in [0.717, 1.165) is 37.6 Å². The number of hydrogen-bond acceptors (Lipinski definition) is 5. The van der Waals surface area contributed by atoms with Crippen molar-refractivity contribution < 1.29 is 8.42 Å². The molecule has 0 amide bonds. The normalized spacial score (nSPS) is 22.8. The van der Waals surface area contributed by atoms with E-state index in [9.17, 15) is 8.42 Å². The standard InChI is InChI=1S/C16H26N4O2S/c1-2-18-23(21,22)15-7-10-19(13-15)12-14-5-6-16(17-11-14)20-8-3-4-9-20/h5-6,11,15,18H,2-4,7-10,12-13H2,1H3/t15-/m1/s1. The minimum absolute atomic E-state index is 0.292. The lowest BCUT2D eigenvalue weighted by molar-refractivity contribution is 0.331. The van der Waals surface area contributed by atoms with Gasteiger partial charge in [0.2, 0.25) is 10.0 Å². The monoisotopic (exact) mass is 338 g/mol. The zero-order valence-electron chi connectivity index (χ0n) is 13.7. The molecule has 2 aliphatic heterocycles. The molecule has 2 saturated heterocycles. The summed E-state index contributed by atoms with van der Waals surface area (Å²) in [5.74, 6) is 1.06. The van der Waals surface area contributed by atoms with Crippen LogP contribution in [-0.2, 0) is 16.6 Å². The van der Waals surface area contributed by atoms with E-state index in [0.29, 0.717) is 19.5 Å². The van der Waals surface area contributed by atoms with E-state index >= 15 is 0 Å². The fraction of sp³-hybridized carbons (Fsp3) is 0.688. The number of nitrogens with one attached hydrogen (secondary N) is 1. The average Bonchev–Trinajstić information content (AvgIpc) is 3.19. The molecular weight excluding hydrogens is 312 g/mol. The first-order valence-electron chi connectivity index (χ1n) is 8.49. The van der Waals surface area contributed by atoms with Crippen molar-refractivity contribution in [2.24, 2.45) is 0 Å². The molecule has 2 fully saturated rings. The van der Waals surface area contributed by atoms with Gasteiger partial charge in [0.1, 0.15) is 5.82 Å². The number of nitrogens with zero attached hydrogens (tertiary/aromatic N) is 3. The van der Waals surface area contributed by atoms with Crippen LogP contribution < -0.4 is 9.62 Å². The minimum atomic E-state index is -3.17. The van der Waals surface area contributed by atoms with Crippen LogP contribution in [0.25, 0.3) is 0 Å². The minimum Gasteiger partial charge on any atom is -0.357 e. The van der Waals surface area contributed by atoms with Gasteiger partial charge in [-0.15, -0.1) is 0 Å². The second-order valence-corrected chi connectivity index (χ2v) is 8.45. The lowest BCUT2D eigenvalue weighted by Gasteiger charge is -2.18. The lowest BCUT2D eigenvalue weighted by Crippen LogP contribution is -2.36. The van der Waals surface area contributed by atoms with Crippen LogP contribution in [0.3, 0.4) is 0 Å². The molecule has 0 saturated carbocycles. The molecular formula is C16H26N4O2S. The topological polar surface area (TPSA) is 65.5 Å². The number of rotatable bonds is 6. The molecule has 0 spiro atoms. The Hall–Kier alpha value is -1.18. The van der Waals surface area contributed by atoms with Crippen LogP contribution in [0, 0.1) is 0 Å². The van der Waals surface area contributed by atoms with Gasteiger partial charge >= 0.3 is 0 Å². The molecule has 1 N–H and O–H groups in total. The third-order valence-electron chi connectivity index (χ3n) is 4.66. The second kappa shape index (κ2) is 7.15. The average molecular weight is 338 g/mol. The van der Waals surface area contributed by atoms with Crippen molar-refractivity contribution in [1.29, 1.82) is 0 Å². The molecule has 6 nitrogen and oxygen atoms in total. The Morgan fingerprint density at radius 2 is 2.04 bits per heavy atom. The third kappa shape index (κ3) is 4.02. The van der Waals surface area contributed by atoms with Crippen LogP contribution >= 0.6 is 0 Å². The van der Waals surface area contributed by atoms with Crippen LogP contribution in [0.4, 0.5) is 5.82 Å². The Morgan fingerprint density at radius 3 is 2.70 bits per heavy atom. The third-order valence-corrected chi connectivity index (χ3v) is 6.61. The van der Waals surface area contributed by atoms with Crippen LogP contribution in [0.1, 0.15) is 31.7 Å². The van der Waals surface area contributed by atoms with Crippen molar-refractivity contribution in [1.82, 2.24) is 14.6 Å². The van der Waals surface area contributed by atoms with Crippen LogP contribution in [0.2, 0.25) is 0 Å². The number of hydrogen-bond donors (Lipinski definition) is 1. The van der Waals surface area contributed by atoms with Gasteiger partial charge in [-0.05, 0) is 37.4 Å². The molecule has 3 heterocycles. The fourth-order valence-electron chi connectivity index (χ4n) is 3.41. The van der Waals surface area contributed by atoms with Gasteiger partial charge in [-0.25, -0.2) is 18.1 Å². The molecule has 0 aliphatic carbocycles. The van der Waals surface area contributed by atoms with Crippen molar-refractivity contribution in [3.8, 4) is 0 Å². The molecule has 0 unspecified atom stereocenters. The van der Waals surface area contributed by atoms with Gasteiger partial charge in [0.25, 0.3) is 0 Å². The van der Waals surface area contributed by atoms with Gasteiger partial charge in [0.05, 0.1) is 5.25 Å². The van der Waals surface area contributed by atoms with E-state index in [2.05, 4.69) is 31.6 Å². The smallest absolute Gasteiger partial charge is 0.215 e. The zero-order valence-corrected chi connectivity index (χ0v) is 14.6. The van der Waals surface area contributed by atoms with Gasteiger partial charge in [-0.1, -0.05) is 13.0 Å². The maximum Gasteiger partial charge on any atom is 0.215 e. The lowest BCUT2D eigenvalue weighted by atomic mass is 10.2. The number of pyridine rings is 1. The Kier molecular flexibility index (Phi) is 5.18. The summed E-state index contributed by atoms with van der Waals surface area (Å²) in [6, 6.07) is 4.20. The highest BCUT2D eigenvalue weighted by atomic mass is 32.2. The number of anilines is 1. The summed E-state index contributed by atoms with van der Waals surface area (Å²) in [5.41, 5.74) is 1.15. The molecule has 1 aromatic heterocycles. The molecule has 0 bridgehead atoms. The van der Waals surface area contributed by atoms with Crippen LogP contribution in [0.15, 0.2) is 18.3 Å². The SMILES string of the molecule is CCNS(=O)(=O)[C@@H]1CCN(Cc2ccc(N3CCCC3)nc2)C1. The summed E-state index contributed by atoms with van der Waals surface area (Å²) in [7, 11) is -3.17. The first kappa shape index (κ1) is 16.7. The molecule has 2 aliphatic rings. The largest absolute Gasteiger partial charge is 0.357 e. The Labute approximate surface area is 138 Å². The van der Waals surface area contributed by atoms with Crippen molar-refractivity contribution >= 4 is 15.8 Å². The maximum absolute atomic E-state index is 12.1. The van der Waals surface area contributed by atoms with E-state index < -0.39 is 10.0 Å². The van der Waals surface area contributed by atoms with Gasteiger partial charge in [0.15, 0.2) is 0 Å². The molecule has 1 aromatic rings. The predicted molar refractivity (Wildman–Crippen MR) is 92.0 cm³/mol. The summed E-state index contributed by atoms with van der Waals surface area (Å²) in [6.07, 6.45) is 5.13. The van der Waals surface area contributed by atoms with Crippen molar-refractivity contribution in [3.05, 3.63) is 23.9 Å². The highest BCUT2D eigenvalue weighted by Gasteiger charge is 2.32. The first-order valence-corrected chi connectivity index (χ1v) is 10.0. The van der Waals surface area contributed by atoms with E-state index in [1.807, 2.05) is 13.1 Å². The Morgan fingerprint density at radius 1 is 1.26 bits per heavy atom. The van der Waals surface area contributed by atoms with Gasteiger partial charge in [-0.3, -0.25) is 4.90 Å². The second-order valence-electron chi connectivity index (χ2n) is 6.41. The summed E-state index contributed by atoms with van der Waals surface area (Å²) in [4.78, 5) is 9.09. The first-order chi connectivity index (χ1) is 11.1. The van der Waals surface area contributed by atoms with Crippen molar-refractivity contribution in [2.45, 2.75) is 38.0 Å². The molecule has 0 aromatic carbocycles. The summed E-state index contributed by atoms with van der Waals surface area (Å²) < 4.78 is 26.7. The summed E-state index contributed by atoms with van der Waals surface area (Å²) in [6.45, 7) is 6.67. The maximum atomic E-state index is 12.1. The summed E-state index contributed by atoms with van der Waals surface area (Å²) >= 11 is 0. The van der Waals surface area contributed by atoms with Gasteiger partial charge < -0.3 is 4.90 Å². The van der Waals surface area contributed by atoms with E-state index in [-0.39, 0.29) is 5.25 Å². The zero-order chi connectivity index (χ0) is 16.3. The van der Waals surface area contributed by atoms with E-state index in [4.69, 9.17) is 0 Å². The van der Waals surface area contributed by atoms with Crippen molar-refractivity contribution in [3.63, 3.8) is 0 Å². The molecule has 23 heavy (non-hydrogen) atoms. The molecule has 3 rings (SSSR count). The fourth-order valence-corrected chi connectivity index (χ4v) is 4.88. The van der Waals surface area contributed by atoms with Crippen LogP contribution in [-0.4, -0.2) is 56.3 Å². The van der Waals surface area contributed by atoms with E-state index in [1.165, 1.54) is 12.8 Å². The van der Waals surface area contributed by atoms with Gasteiger partial charge in [0, 0.05) is 38.9 Å². The molecule has 1 atom stereocenters. The quantitative estimate of drug-likeness (QED) is 0.844. The molecule has 7 heteroatoms. The Balaban J connectivity index is 1.56. The van der Waals surface area contributed by atoms with Gasteiger partial charge in [-0.2, -0.15) is 0 Å². The van der Waals surface area contributed by atoms with Crippen molar-refractivity contribution in [2.75, 3.05) is 37.6 Å². The highest BCUT2D eigenvalue weighted by molar-refractivity contribution is 7.90. The van der Waals surface area contributed by atoms with Crippen LogP contribution in [0.5, 0.6) is 0 Å². The number of likely N-dealkylation sites (tertiary alicyclic amines) is 1. The highest BCUT2D eigenvalue weighted by Crippen LogP contribution is 2.21. The number of aromatic nitrogens is 1. The summed E-state index contributed by atoms with van der Waals surface area (Å²) in [5, 5.41) is -0.292.